The molecule has 180 valence electrons. The van der Waals surface area contributed by atoms with E-state index in [1.165, 1.54) is 0 Å². The molecule has 5 heteroatoms. The van der Waals surface area contributed by atoms with Gasteiger partial charge in [0.25, 0.3) is 11.8 Å². The number of carbonyl (C=O) groups is 2. The molecule has 0 aliphatic carbocycles. The zero-order chi connectivity index (χ0) is 24.9. The molecule has 36 heavy (non-hydrogen) atoms. The molecule has 3 aromatic carbocycles. The lowest BCUT2D eigenvalue weighted by Gasteiger charge is -2.31. The summed E-state index contributed by atoms with van der Waals surface area (Å²) in [5.74, 6) is 0.162. The number of amides is 2. The van der Waals surface area contributed by atoms with E-state index >= 15 is 0 Å². The molecule has 5 nitrogen and oxygen atoms in total. The molecule has 5 rings (SSSR count). The van der Waals surface area contributed by atoms with E-state index in [2.05, 4.69) is 0 Å². The highest BCUT2D eigenvalue weighted by Gasteiger charge is 2.40. The largest absolute Gasteiger partial charge is 0.322 e. The summed E-state index contributed by atoms with van der Waals surface area (Å²) in [6.07, 6.45) is 3.13. The minimum absolute atomic E-state index is 0.0938. The van der Waals surface area contributed by atoms with E-state index < -0.39 is 6.04 Å². The monoisotopic (exact) mass is 475 g/mol. The van der Waals surface area contributed by atoms with Crippen molar-refractivity contribution < 1.29 is 9.59 Å². The minimum atomic E-state index is -0.569. The molecule has 0 N–H and O–H groups in total. The molecule has 0 spiro atoms. The van der Waals surface area contributed by atoms with Crippen LogP contribution in [0.3, 0.4) is 0 Å². The molecule has 0 saturated carbocycles. The fourth-order valence-electron chi connectivity index (χ4n) is 4.77. The number of pyridine rings is 1. The number of aromatic nitrogens is 1. The predicted molar refractivity (Wildman–Crippen MR) is 142 cm³/mol. The quantitative estimate of drug-likeness (QED) is 0.324. The smallest absolute Gasteiger partial charge is 0.258 e. The molecule has 2 heterocycles. The summed E-state index contributed by atoms with van der Waals surface area (Å²) in [5, 5.41) is 0. The fourth-order valence-corrected chi connectivity index (χ4v) is 4.77. The molecule has 1 aliphatic heterocycles. The lowest BCUT2D eigenvalue weighted by molar-refractivity contribution is -0.123. The van der Waals surface area contributed by atoms with Crippen molar-refractivity contribution in [2.24, 2.45) is 0 Å². The molecule has 1 aromatic heterocycles. The fraction of sp³-hybridized carbons (Fsp3) is 0.194. The highest BCUT2D eigenvalue weighted by molar-refractivity contribution is 6.10. The molecular weight excluding hydrogens is 446 g/mol. The van der Waals surface area contributed by atoms with Gasteiger partial charge < -0.3 is 4.90 Å². The molecule has 1 atom stereocenters. The van der Waals surface area contributed by atoms with Crippen LogP contribution in [0.15, 0.2) is 103 Å². The van der Waals surface area contributed by atoms with Gasteiger partial charge in [-0.25, -0.2) is 4.98 Å². The first-order valence-electron chi connectivity index (χ1n) is 12.4. The number of hydrogen-bond donors (Lipinski definition) is 0. The van der Waals surface area contributed by atoms with Crippen LogP contribution in [0.25, 0.3) is 11.1 Å². The number of fused-ring (bicyclic) bond motifs is 1. The topological polar surface area (TPSA) is 53.5 Å². The van der Waals surface area contributed by atoms with E-state index in [1.807, 2.05) is 104 Å². The van der Waals surface area contributed by atoms with Crippen molar-refractivity contribution in [3.05, 3.63) is 120 Å². The van der Waals surface area contributed by atoms with Crippen LogP contribution in [0, 0.1) is 0 Å². The SMILES string of the molecule is CCCC1C(=O)N(Cc2ccccc2)c2ncc(-c3ccccc3)cc2C(=O)N1Cc1ccccc1. The second-order valence-corrected chi connectivity index (χ2v) is 9.09. The van der Waals surface area contributed by atoms with Crippen LogP contribution in [0.1, 0.15) is 41.3 Å². The van der Waals surface area contributed by atoms with E-state index in [1.54, 1.807) is 16.0 Å². The summed E-state index contributed by atoms with van der Waals surface area (Å²) in [6, 6.07) is 30.9. The van der Waals surface area contributed by atoms with Gasteiger partial charge in [-0.3, -0.25) is 14.5 Å². The van der Waals surface area contributed by atoms with Crippen LogP contribution in [-0.4, -0.2) is 27.7 Å². The Kier molecular flexibility index (Phi) is 6.89. The summed E-state index contributed by atoms with van der Waals surface area (Å²) < 4.78 is 0. The summed E-state index contributed by atoms with van der Waals surface area (Å²) >= 11 is 0. The Labute approximate surface area is 212 Å². The van der Waals surface area contributed by atoms with Gasteiger partial charge in [0.1, 0.15) is 11.9 Å². The van der Waals surface area contributed by atoms with Crippen LogP contribution in [-0.2, 0) is 17.9 Å². The highest BCUT2D eigenvalue weighted by Crippen LogP contribution is 2.33. The number of benzene rings is 3. The van der Waals surface area contributed by atoms with Crippen molar-refractivity contribution in [2.45, 2.75) is 38.9 Å². The third-order valence-corrected chi connectivity index (χ3v) is 6.59. The van der Waals surface area contributed by atoms with Gasteiger partial charge in [-0.15, -0.1) is 0 Å². The van der Waals surface area contributed by atoms with Gasteiger partial charge in [0.05, 0.1) is 12.1 Å². The Morgan fingerprint density at radius 1 is 0.750 bits per heavy atom. The zero-order valence-electron chi connectivity index (χ0n) is 20.4. The molecule has 0 radical (unpaired) electrons. The van der Waals surface area contributed by atoms with Gasteiger partial charge in [-0.05, 0) is 29.2 Å². The highest BCUT2D eigenvalue weighted by atomic mass is 16.2. The standard InChI is InChI=1S/C31H29N3O2/c1-2-12-28-31(36)34(22-24-15-8-4-9-16-24)29-27(19-26(20-32-29)25-17-10-5-11-18-25)30(35)33(28)21-23-13-6-3-7-14-23/h3-11,13-20,28H,2,12,21-22H2,1H3. The van der Waals surface area contributed by atoms with Gasteiger partial charge in [0, 0.05) is 18.3 Å². The summed E-state index contributed by atoms with van der Waals surface area (Å²) in [5.41, 5.74) is 4.26. The lowest BCUT2D eigenvalue weighted by atomic mass is 10.0. The Hall–Kier alpha value is -4.25. The molecule has 0 fully saturated rings. The zero-order valence-corrected chi connectivity index (χ0v) is 20.4. The first kappa shape index (κ1) is 23.5. The van der Waals surface area contributed by atoms with E-state index in [0.717, 1.165) is 28.7 Å². The normalized spacial score (nSPS) is 15.5. The van der Waals surface area contributed by atoms with Crippen LogP contribution in [0.5, 0.6) is 0 Å². The molecule has 2 amide bonds. The van der Waals surface area contributed by atoms with Crippen molar-refractivity contribution in [3.63, 3.8) is 0 Å². The van der Waals surface area contributed by atoms with E-state index in [0.29, 0.717) is 30.9 Å². The van der Waals surface area contributed by atoms with Gasteiger partial charge >= 0.3 is 0 Å². The third-order valence-electron chi connectivity index (χ3n) is 6.59. The van der Waals surface area contributed by atoms with Crippen LogP contribution >= 0.6 is 0 Å². The van der Waals surface area contributed by atoms with E-state index in [9.17, 15) is 9.59 Å². The number of anilines is 1. The average Bonchev–Trinajstić information content (AvgIpc) is 3.01. The number of hydrogen-bond acceptors (Lipinski definition) is 3. The Morgan fingerprint density at radius 3 is 1.94 bits per heavy atom. The molecule has 1 unspecified atom stereocenters. The van der Waals surface area contributed by atoms with Crippen LogP contribution in [0.2, 0.25) is 0 Å². The van der Waals surface area contributed by atoms with Gasteiger partial charge in [0.2, 0.25) is 0 Å². The summed E-state index contributed by atoms with van der Waals surface area (Å²) in [7, 11) is 0. The molecular formula is C31H29N3O2. The summed E-state index contributed by atoms with van der Waals surface area (Å²) in [4.78, 5) is 36.4. The Balaban J connectivity index is 1.64. The number of rotatable bonds is 7. The van der Waals surface area contributed by atoms with Crippen LogP contribution < -0.4 is 4.90 Å². The molecule has 0 saturated heterocycles. The van der Waals surface area contributed by atoms with E-state index in [4.69, 9.17) is 4.98 Å². The minimum Gasteiger partial charge on any atom is -0.322 e. The molecule has 0 bridgehead atoms. The second kappa shape index (κ2) is 10.6. The third kappa shape index (κ3) is 4.78. The maximum atomic E-state index is 14.2. The lowest BCUT2D eigenvalue weighted by Crippen LogP contribution is -2.48. The number of nitrogens with zero attached hydrogens (tertiary/aromatic N) is 3. The van der Waals surface area contributed by atoms with Gasteiger partial charge in [-0.1, -0.05) is 104 Å². The first-order chi connectivity index (χ1) is 17.7. The Bertz CT molecular complexity index is 1340. The van der Waals surface area contributed by atoms with Gasteiger partial charge in [0.15, 0.2) is 0 Å². The van der Waals surface area contributed by atoms with Crippen molar-refractivity contribution in [1.82, 2.24) is 9.88 Å². The van der Waals surface area contributed by atoms with Crippen molar-refractivity contribution >= 4 is 17.6 Å². The van der Waals surface area contributed by atoms with E-state index in [-0.39, 0.29) is 11.8 Å². The Morgan fingerprint density at radius 2 is 1.33 bits per heavy atom. The number of carbonyl (C=O) groups excluding carboxylic acids is 2. The first-order valence-corrected chi connectivity index (χ1v) is 12.4. The maximum absolute atomic E-state index is 14.2. The van der Waals surface area contributed by atoms with Crippen molar-refractivity contribution in [1.29, 1.82) is 0 Å². The second-order valence-electron chi connectivity index (χ2n) is 9.09. The predicted octanol–water partition coefficient (Wildman–Crippen LogP) is 6.11. The average molecular weight is 476 g/mol. The molecule has 1 aliphatic rings. The van der Waals surface area contributed by atoms with Crippen molar-refractivity contribution in [3.8, 4) is 11.1 Å². The van der Waals surface area contributed by atoms with Gasteiger partial charge in [-0.2, -0.15) is 0 Å². The van der Waals surface area contributed by atoms with Crippen molar-refractivity contribution in [2.75, 3.05) is 4.90 Å². The summed E-state index contributed by atoms with van der Waals surface area (Å²) in [6.45, 7) is 2.77. The molecule has 4 aromatic rings. The van der Waals surface area contributed by atoms with Crippen LogP contribution in [0.4, 0.5) is 5.82 Å². The maximum Gasteiger partial charge on any atom is 0.258 e.